The standard InChI is InChI=1S/C14H14N4/c1-18-6-2-3-11(9-18)14-12-7-10(8-15)4-5-13(12)16-17-14/h3-5,7H,2,6,9H2,1H3,(H,16,17). The molecular formula is C14H14N4. The van der Waals surface area contributed by atoms with E-state index in [1.165, 1.54) is 5.57 Å². The Bertz CT molecular complexity index is 660. The second kappa shape index (κ2) is 4.28. The average molecular weight is 238 g/mol. The van der Waals surface area contributed by atoms with Gasteiger partial charge in [-0.3, -0.25) is 5.10 Å². The molecule has 1 aromatic carbocycles. The number of benzene rings is 1. The second-order valence-electron chi connectivity index (χ2n) is 4.70. The van der Waals surface area contributed by atoms with Crippen molar-refractivity contribution < 1.29 is 0 Å². The van der Waals surface area contributed by atoms with E-state index in [-0.39, 0.29) is 0 Å². The molecule has 1 aliphatic heterocycles. The third-order valence-electron chi connectivity index (χ3n) is 3.34. The van der Waals surface area contributed by atoms with Crippen molar-refractivity contribution >= 4 is 16.5 Å². The lowest BCUT2D eigenvalue weighted by Crippen LogP contribution is -2.25. The van der Waals surface area contributed by atoms with Crippen LogP contribution in [-0.4, -0.2) is 35.2 Å². The van der Waals surface area contributed by atoms with Crippen molar-refractivity contribution in [3.63, 3.8) is 0 Å². The van der Waals surface area contributed by atoms with E-state index in [4.69, 9.17) is 5.26 Å². The average Bonchev–Trinajstić information content (AvgIpc) is 2.81. The third-order valence-corrected chi connectivity index (χ3v) is 3.34. The normalized spacial score (nSPS) is 16.6. The molecule has 0 aliphatic carbocycles. The highest BCUT2D eigenvalue weighted by atomic mass is 15.1. The first-order valence-electron chi connectivity index (χ1n) is 6.04. The summed E-state index contributed by atoms with van der Waals surface area (Å²) in [5, 5.41) is 17.4. The maximum Gasteiger partial charge on any atom is 0.0991 e. The van der Waals surface area contributed by atoms with Crippen LogP contribution in [0.25, 0.3) is 16.5 Å². The van der Waals surface area contributed by atoms with Gasteiger partial charge in [-0.05, 0) is 37.2 Å². The van der Waals surface area contributed by atoms with Crippen molar-refractivity contribution in [2.75, 3.05) is 20.1 Å². The fourth-order valence-corrected chi connectivity index (χ4v) is 2.39. The summed E-state index contributed by atoms with van der Waals surface area (Å²) < 4.78 is 0. The number of nitriles is 1. The number of likely N-dealkylation sites (N-methyl/N-ethyl adjacent to an activating group) is 1. The Hall–Kier alpha value is -2.12. The third kappa shape index (κ3) is 1.79. The van der Waals surface area contributed by atoms with Crippen LogP contribution in [0.4, 0.5) is 0 Å². The zero-order valence-electron chi connectivity index (χ0n) is 10.3. The van der Waals surface area contributed by atoms with Gasteiger partial charge in [-0.1, -0.05) is 6.08 Å². The molecule has 0 unspecified atom stereocenters. The summed E-state index contributed by atoms with van der Waals surface area (Å²) in [5.74, 6) is 0. The van der Waals surface area contributed by atoms with Gasteiger partial charge in [0.1, 0.15) is 0 Å². The molecule has 2 heterocycles. The molecule has 1 aliphatic rings. The van der Waals surface area contributed by atoms with Crippen LogP contribution in [0.2, 0.25) is 0 Å². The molecule has 4 heteroatoms. The van der Waals surface area contributed by atoms with Crippen LogP contribution in [0.5, 0.6) is 0 Å². The lowest BCUT2D eigenvalue weighted by Gasteiger charge is -2.21. The molecule has 0 saturated carbocycles. The summed E-state index contributed by atoms with van der Waals surface area (Å²) in [6.07, 6.45) is 3.30. The van der Waals surface area contributed by atoms with Crippen molar-refractivity contribution in [3.8, 4) is 6.07 Å². The molecule has 0 amide bonds. The van der Waals surface area contributed by atoms with Gasteiger partial charge in [0, 0.05) is 18.5 Å². The molecule has 0 bridgehead atoms. The zero-order valence-corrected chi connectivity index (χ0v) is 10.3. The minimum atomic E-state index is 0.676. The van der Waals surface area contributed by atoms with Crippen LogP contribution in [0.1, 0.15) is 17.7 Å². The van der Waals surface area contributed by atoms with Crippen molar-refractivity contribution in [3.05, 3.63) is 35.5 Å². The molecule has 4 nitrogen and oxygen atoms in total. The number of nitrogens with one attached hydrogen (secondary N) is 1. The van der Waals surface area contributed by atoms with Gasteiger partial charge in [-0.2, -0.15) is 10.4 Å². The Morgan fingerprint density at radius 3 is 3.11 bits per heavy atom. The largest absolute Gasteiger partial charge is 0.302 e. The Balaban J connectivity index is 2.12. The number of hydrogen-bond acceptors (Lipinski definition) is 3. The first kappa shape index (κ1) is 11.0. The first-order chi connectivity index (χ1) is 8.78. The molecule has 3 rings (SSSR count). The van der Waals surface area contributed by atoms with Crippen molar-refractivity contribution in [1.82, 2.24) is 15.1 Å². The Morgan fingerprint density at radius 1 is 1.44 bits per heavy atom. The molecule has 2 aromatic rings. The van der Waals surface area contributed by atoms with E-state index < -0.39 is 0 Å². The molecule has 1 N–H and O–H groups in total. The molecule has 0 atom stereocenters. The number of rotatable bonds is 1. The highest BCUT2D eigenvalue weighted by Crippen LogP contribution is 2.26. The first-order valence-corrected chi connectivity index (χ1v) is 6.04. The van der Waals surface area contributed by atoms with Gasteiger partial charge in [0.05, 0.1) is 22.8 Å². The minimum Gasteiger partial charge on any atom is -0.302 e. The maximum absolute atomic E-state index is 8.97. The lowest BCUT2D eigenvalue weighted by molar-refractivity contribution is 0.372. The van der Waals surface area contributed by atoms with Crippen LogP contribution < -0.4 is 0 Å². The fraction of sp³-hybridized carbons (Fsp3) is 0.286. The topological polar surface area (TPSA) is 55.7 Å². The van der Waals surface area contributed by atoms with Crippen molar-refractivity contribution in [1.29, 1.82) is 5.26 Å². The predicted octanol–water partition coefficient (Wildman–Crippen LogP) is 2.15. The highest BCUT2D eigenvalue weighted by Gasteiger charge is 2.15. The number of hydrogen-bond donors (Lipinski definition) is 1. The number of nitrogens with zero attached hydrogens (tertiary/aromatic N) is 3. The number of aromatic nitrogens is 2. The Labute approximate surface area is 106 Å². The van der Waals surface area contributed by atoms with Crippen LogP contribution in [0.15, 0.2) is 24.3 Å². The van der Waals surface area contributed by atoms with E-state index >= 15 is 0 Å². The summed E-state index contributed by atoms with van der Waals surface area (Å²) in [5.41, 5.74) is 3.88. The van der Waals surface area contributed by atoms with Gasteiger partial charge in [0.2, 0.25) is 0 Å². The van der Waals surface area contributed by atoms with E-state index in [9.17, 15) is 0 Å². The van der Waals surface area contributed by atoms with E-state index in [1.54, 1.807) is 0 Å². The van der Waals surface area contributed by atoms with Crippen LogP contribution in [0.3, 0.4) is 0 Å². The maximum atomic E-state index is 8.97. The summed E-state index contributed by atoms with van der Waals surface area (Å²) in [6.45, 7) is 2.01. The van der Waals surface area contributed by atoms with Crippen LogP contribution >= 0.6 is 0 Å². The van der Waals surface area contributed by atoms with Crippen molar-refractivity contribution in [2.45, 2.75) is 6.42 Å². The SMILES string of the molecule is CN1CCC=C(c2n[nH]c3ccc(C#N)cc23)C1. The van der Waals surface area contributed by atoms with E-state index in [1.807, 2.05) is 18.2 Å². The smallest absolute Gasteiger partial charge is 0.0991 e. The molecule has 0 saturated heterocycles. The molecule has 90 valence electrons. The van der Waals surface area contributed by atoms with Gasteiger partial charge < -0.3 is 4.90 Å². The predicted molar refractivity (Wildman–Crippen MR) is 70.9 cm³/mol. The van der Waals surface area contributed by atoms with E-state index in [0.717, 1.165) is 36.1 Å². The lowest BCUT2D eigenvalue weighted by atomic mass is 10.0. The Kier molecular flexibility index (Phi) is 2.62. The van der Waals surface area contributed by atoms with Crippen LogP contribution in [-0.2, 0) is 0 Å². The highest BCUT2D eigenvalue weighted by molar-refractivity contribution is 5.91. The molecular weight excluding hydrogens is 224 g/mol. The summed E-state index contributed by atoms with van der Waals surface area (Å²) >= 11 is 0. The second-order valence-corrected chi connectivity index (χ2v) is 4.70. The molecule has 0 fully saturated rings. The minimum absolute atomic E-state index is 0.676. The molecule has 18 heavy (non-hydrogen) atoms. The van der Waals surface area contributed by atoms with Gasteiger partial charge >= 0.3 is 0 Å². The summed E-state index contributed by atoms with van der Waals surface area (Å²) in [7, 11) is 2.11. The van der Waals surface area contributed by atoms with Gasteiger partial charge in [-0.15, -0.1) is 0 Å². The number of fused-ring (bicyclic) bond motifs is 1. The fourth-order valence-electron chi connectivity index (χ4n) is 2.39. The number of aromatic amines is 1. The van der Waals surface area contributed by atoms with Crippen LogP contribution in [0, 0.1) is 11.3 Å². The van der Waals surface area contributed by atoms with Gasteiger partial charge in [0.25, 0.3) is 0 Å². The van der Waals surface area contributed by atoms with E-state index in [0.29, 0.717) is 5.56 Å². The van der Waals surface area contributed by atoms with Gasteiger partial charge in [-0.25, -0.2) is 0 Å². The number of H-pyrrole nitrogens is 1. The molecule has 0 radical (unpaired) electrons. The van der Waals surface area contributed by atoms with Gasteiger partial charge in [0.15, 0.2) is 0 Å². The summed E-state index contributed by atoms with van der Waals surface area (Å²) in [4.78, 5) is 2.28. The zero-order chi connectivity index (χ0) is 12.5. The van der Waals surface area contributed by atoms with Crippen molar-refractivity contribution in [2.24, 2.45) is 0 Å². The monoisotopic (exact) mass is 238 g/mol. The quantitative estimate of drug-likeness (QED) is 0.828. The molecule has 0 spiro atoms. The molecule has 1 aromatic heterocycles. The summed E-state index contributed by atoms with van der Waals surface area (Å²) in [6, 6.07) is 7.81. The van der Waals surface area contributed by atoms with E-state index in [2.05, 4.69) is 34.3 Å². The Morgan fingerprint density at radius 2 is 2.33 bits per heavy atom.